The summed E-state index contributed by atoms with van der Waals surface area (Å²) in [5.41, 5.74) is 1.41. The van der Waals surface area contributed by atoms with Gasteiger partial charge in [-0.1, -0.05) is 42.5 Å². The number of nitrogens with one attached hydrogen (secondary N) is 1. The van der Waals surface area contributed by atoms with E-state index in [1.165, 1.54) is 4.31 Å². The highest BCUT2D eigenvalue weighted by atomic mass is 32.2. The molecule has 1 N–H and O–H groups in total. The number of benzene rings is 2. The Labute approximate surface area is 165 Å². The highest BCUT2D eigenvalue weighted by Gasteiger charge is 2.26. The van der Waals surface area contributed by atoms with Crippen LogP contribution >= 0.6 is 0 Å². The topological polar surface area (TPSA) is 83.5 Å². The molecule has 0 saturated carbocycles. The normalized spacial score (nSPS) is 14.7. The number of amides is 1. The molecule has 1 fully saturated rings. The second-order valence-electron chi connectivity index (χ2n) is 6.82. The van der Waals surface area contributed by atoms with Gasteiger partial charge in [0.1, 0.15) is 0 Å². The number of hydrogen-bond acceptors (Lipinski definition) is 4. The van der Waals surface area contributed by atoms with Crippen LogP contribution in [0.25, 0.3) is 0 Å². The molecule has 28 heavy (non-hydrogen) atoms. The molecular weight excluding hydrogens is 376 g/mol. The van der Waals surface area contributed by atoms with E-state index in [1.54, 1.807) is 48.5 Å². The molecule has 0 aliphatic carbocycles. The van der Waals surface area contributed by atoms with E-state index in [0.717, 1.165) is 18.4 Å². The predicted octanol–water partition coefficient (Wildman–Crippen LogP) is 2.75. The molecule has 6 nitrogen and oxygen atoms in total. The van der Waals surface area contributed by atoms with E-state index < -0.39 is 10.0 Å². The molecule has 1 aliphatic heterocycles. The van der Waals surface area contributed by atoms with E-state index in [2.05, 4.69) is 5.32 Å². The Hall–Kier alpha value is -2.51. The Kier molecular flexibility index (Phi) is 6.59. The molecule has 0 bridgehead atoms. The third-order valence-corrected chi connectivity index (χ3v) is 6.70. The lowest BCUT2D eigenvalue weighted by Crippen LogP contribution is -2.28. The summed E-state index contributed by atoms with van der Waals surface area (Å²) < 4.78 is 26.5. The minimum atomic E-state index is -3.42. The maximum absolute atomic E-state index is 12.5. The van der Waals surface area contributed by atoms with Crippen molar-refractivity contribution in [2.24, 2.45) is 0 Å². The van der Waals surface area contributed by atoms with E-state index in [0.29, 0.717) is 25.2 Å². The number of sulfonamides is 1. The van der Waals surface area contributed by atoms with Crippen LogP contribution in [0.15, 0.2) is 59.5 Å². The fraction of sp³-hybridized carbons (Fsp3) is 0.333. The number of carbonyl (C=O) groups is 2. The van der Waals surface area contributed by atoms with Crippen molar-refractivity contribution in [1.82, 2.24) is 9.62 Å². The largest absolute Gasteiger partial charge is 0.352 e. The van der Waals surface area contributed by atoms with Crippen LogP contribution < -0.4 is 5.32 Å². The first kappa shape index (κ1) is 20.2. The van der Waals surface area contributed by atoms with Gasteiger partial charge in [-0.3, -0.25) is 9.59 Å². The summed E-state index contributed by atoms with van der Waals surface area (Å²) in [6.07, 6.45) is 2.07. The molecule has 0 unspecified atom stereocenters. The molecule has 1 heterocycles. The van der Waals surface area contributed by atoms with Gasteiger partial charge in [0.2, 0.25) is 15.9 Å². The molecule has 1 aliphatic rings. The zero-order valence-electron chi connectivity index (χ0n) is 15.6. The van der Waals surface area contributed by atoms with Crippen LogP contribution in [0.5, 0.6) is 0 Å². The Balaban J connectivity index is 1.48. The van der Waals surface area contributed by atoms with Crippen molar-refractivity contribution in [1.29, 1.82) is 0 Å². The lowest BCUT2D eigenvalue weighted by atomic mass is 10.1. The van der Waals surface area contributed by atoms with Crippen molar-refractivity contribution in [3.05, 3.63) is 65.7 Å². The summed E-state index contributed by atoms with van der Waals surface area (Å²) in [5, 5.41) is 2.77. The Morgan fingerprint density at radius 1 is 0.893 bits per heavy atom. The molecule has 148 valence electrons. The minimum absolute atomic E-state index is 0.0628. The number of nitrogens with zero attached hydrogens (tertiary/aromatic N) is 1. The molecule has 2 aromatic rings. The van der Waals surface area contributed by atoms with Crippen molar-refractivity contribution < 1.29 is 18.0 Å². The van der Waals surface area contributed by atoms with Gasteiger partial charge in [0.25, 0.3) is 0 Å². The first-order chi connectivity index (χ1) is 13.5. The molecule has 3 rings (SSSR count). The van der Waals surface area contributed by atoms with Crippen LogP contribution in [0.2, 0.25) is 0 Å². The van der Waals surface area contributed by atoms with Gasteiger partial charge in [-0.2, -0.15) is 4.31 Å². The van der Waals surface area contributed by atoms with E-state index >= 15 is 0 Å². The molecule has 1 amide bonds. The van der Waals surface area contributed by atoms with Gasteiger partial charge in [-0.15, -0.1) is 0 Å². The SMILES string of the molecule is O=C(CCC(=O)c1ccccc1)NCc1ccc(S(=O)(=O)N2CCCC2)cc1. The summed E-state index contributed by atoms with van der Waals surface area (Å²) >= 11 is 0. The minimum Gasteiger partial charge on any atom is -0.352 e. The van der Waals surface area contributed by atoms with Crippen LogP contribution in [0.3, 0.4) is 0 Å². The van der Waals surface area contributed by atoms with E-state index in [4.69, 9.17) is 0 Å². The molecule has 0 radical (unpaired) electrons. The van der Waals surface area contributed by atoms with Gasteiger partial charge in [0, 0.05) is 38.0 Å². The van der Waals surface area contributed by atoms with Gasteiger partial charge in [0.15, 0.2) is 5.78 Å². The lowest BCUT2D eigenvalue weighted by molar-refractivity contribution is -0.121. The molecule has 1 saturated heterocycles. The average molecular weight is 401 g/mol. The fourth-order valence-electron chi connectivity index (χ4n) is 3.14. The predicted molar refractivity (Wildman–Crippen MR) is 106 cm³/mol. The van der Waals surface area contributed by atoms with E-state index in [1.807, 2.05) is 6.07 Å². The monoisotopic (exact) mass is 400 g/mol. The Morgan fingerprint density at radius 2 is 1.54 bits per heavy atom. The maximum Gasteiger partial charge on any atom is 0.243 e. The van der Waals surface area contributed by atoms with Crippen LogP contribution in [0, 0.1) is 0 Å². The van der Waals surface area contributed by atoms with Crippen molar-refractivity contribution in [2.45, 2.75) is 37.1 Å². The highest BCUT2D eigenvalue weighted by molar-refractivity contribution is 7.89. The molecule has 0 aromatic heterocycles. The summed E-state index contributed by atoms with van der Waals surface area (Å²) in [7, 11) is -3.42. The molecule has 2 aromatic carbocycles. The van der Waals surface area contributed by atoms with Gasteiger partial charge in [-0.25, -0.2) is 8.42 Å². The zero-order valence-corrected chi connectivity index (χ0v) is 16.5. The Bertz CT molecular complexity index is 919. The van der Waals surface area contributed by atoms with Gasteiger partial charge in [-0.05, 0) is 30.5 Å². The Morgan fingerprint density at radius 3 is 2.18 bits per heavy atom. The lowest BCUT2D eigenvalue weighted by Gasteiger charge is -2.15. The van der Waals surface area contributed by atoms with Crippen LogP contribution in [-0.4, -0.2) is 37.5 Å². The summed E-state index contributed by atoms with van der Waals surface area (Å²) in [4.78, 5) is 24.3. The zero-order chi connectivity index (χ0) is 20.0. The van der Waals surface area contributed by atoms with Gasteiger partial charge < -0.3 is 5.32 Å². The number of carbonyl (C=O) groups excluding carboxylic acids is 2. The highest BCUT2D eigenvalue weighted by Crippen LogP contribution is 2.21. The molecule has 7 heteroatoms. The number of ketones is 1. The second kappa shape index (κ2) is 9.12. The molecular formula is C21H24N2O4S. The van der Waals surface area contributed by atoms with Crippen LogP contribution in [0.1, 0.15) is 41.6 Å². The van der Waals surface area contributed by atoms with E-state index in [9.17, 15) is 18.0 Å². The van der Waals surface area contributed by atoms with Gasteiger partial charge in [0.05, 0.1) is 4.90 Å². The summed E-state index contributed by atoms with van der Waals surface area (Å²) in [6, 6.07) is 15.5. The third kappa shape index (κ3) is 5.05. The number of hydrogen-bond donors (Lipinski definition) is 1. The summed E-state index contributed by atoms with van der Waals surface area (Å²) in [6.45, 7) is 1.44. The molecule has 0 atom stereocenters. The maximum atomic E-state index is 12.5. The van der Waals surface area contributed by atoms with E-state index in [-0.39, 0.29) is 29.4 Å². The fourth-order valence-corrected chi connectivity index (χ4v) is 4.66. The third-order valence-electron chi connectivity index (χ3n) is 4.79. The summed E-state index contributed by atoms with van der Waals surface area (Å²) in [5.74, 6) is -0.273. The standard InChI is InChI=1S/C21H24N2O4S/c24-20(18-6-2-1-3-7-18)12-13-21(25)22-16-17-8-10-19(11-9-17)28(26,27)23-14-4-5-15-23/h1-3,6-11H,4-5,12-16H2,(H,22,25). The van der Waals surface area contributed by atoms with Gasteiger partial charge >= 0.3 is 0 Å². The van der Waals surface area contributed by atoms with Crippen molar-refractivity contribution in [3.63, 3.8) is 0 Å². The number of rotatable bonds is 8. The second-order valence-corrected chi connectivity index (χ2v) is 8.76. The quantitative estimate of drug-likeness (QED) is 0.691. The van der Waals surface area contributed by atoms with Crippen molar-refractivity contribution in [2.75, 3.05) is 13.1 Å². The first-order valence-corrected chi connectivity index (χ1v) is 10.8. The van der Waals surface area contributed by atoms with Crippen molar-refractivity contribution >= 4 is 21.7 Å². The first-order valence-electron chi connectivity index (χ1n) is 9.41. The number of Topliss-reactive ketones (excluding diaryl/α,β-unsaturated/α-hetero) is 1. The molecule has 0 spiro atoms. The van der Waals surface area contributed by atoms with Crippen molar-refractivity contribution in [3.8, 4) is 0 Å². The van der Waals surface area contributed by atoms with Crippen LogP contribution in [-0.2, 0) is 21.4 Å². The van der Waals surface area contributed by atoms with Crippen LogP contribution in [0.4, 0.5) is 0 Å². The average Bonchev–Trinajstić information content (AvgIpc) is 3.27. The smallest absolute Gasteiger partial charge is 0.243 e.